The molecule has 0 amide bonds. The fourth-order valence-electron chi connectivity index (χ4n) is 0.771. The highest BCUT2D eigenvalue weighted by atomic mass is 16.4. The Labute approximate surface area is 96.3 Å². The molecule has 1 unspecified atom stereocenters. The number of hydrogen-bond acceptors (Lipinski definition) is 3. The Morgan fingerprint density at radius 2 is 1.56 bits per heavy atom. The molecule has 90 valence electrons. The SMILES string of the molecule is C[N+](C)(C)C.O=C([O-])C(O)c1ccccc1. The van der Waals surface area contributed by atoms with Crippen molar-refractivity contribution in [2.75, 3.05) is 28.2 Å². The number of aliphatic hydroxyl groups excluding tert-OH is 1. The fraction of sp³-hybridized carbons (Fsp3) is 0.417. The van der Waals surface area contributed by atoms with Crippen LogP contribution in [0.15, 0.2) is 30.3 Å². The van der Waals surface area contributed by atoms with Crippen LogP contribution in [0.2, 0.25) is 0 Å². The molecule has 4 nitrogen and oxygen atoms in total. The smallest absolute Gasteiger partial charge is 0.118 e. The van der Waals surface area contributed by atoms with Crippen molar-refractivity contribution < 1.29 is 19.5 Å². The average molecular weight is 225 g/mol. The maximum Gasteiger partial charge on any atom is 0.118 e. The van der Waals surface area contributed by atoms with E-state index in [1.807, 2.05) is 0 Å². The zero-order chi connectivity index (χ0) is 12.8. The number of quaternary nitrogens is 1. The molecular weight excluding hydrogens is 206 g/mol. The van der Waals surface area contributed by atoms with Gasteiger partial charge in [-0.3, -0.25) is 0 Å². The van der Waals surface area contributed by atoms with E-state index < -0.39 is 12.1 Å². The number of hydrogen-bond donors (Lipinski definition) is 1. The zero-order valence-corrected chi connectivity index (χ0v) is 10.2. The van der Waals surface area contributed by atoms with Gasteiger partial charge in [-0.25, -0.2) is 0 Å². The second-order valence-electron chi connectivity index (χ2n) is 4.82. The first-order valence-corrected chi connectivity index (χ1v) is 4.94. The molecule has 0 aliphatic carbocycles. The maximum atomic E-state index is 10.1. The lowest BCUT2D eigenvalue weighted by molar-refractivity contribution is -0.849. The van der Waals surface area contributed by atoms with Crippen LogP contribution in [0.25, 0.3) is 0 Å². The Bertz CT molecular complexity index is 311. The Morgan fingerprint density at radius 1 is 1.19 bits per heavy atom. The van der Waals surface area contributed by atoms with Crippen molar-refractivity contribution in [1.82, 2.24) is 0 Å². The molecule has 0 bridgehead atoms. The monoisotopic (exact) mass is 225 g/mol. The summed E-state index contributed by atoms with van der Waals surface area (Å²) in [6.45, 7) is 0. The standard InChI is InChI=1S/C8H8O3.C4H12N/c9-7(8(10)11)6-4-2-1-3-5-6;1-5(2,3)4/h1-5,7,9H,(H,10,11);1-4H3/q;+1/p-1. The molecule has 0 aliphatic rings. The molecule has 0 aromatic heterocycles. The Hall–Kier alpha value is -1.39. The third-order valence-corrected chi connectivity index (χ3v) is 1.34. The lowest BCUT2D eigenvalue weighted by Gasteiger charge is -2.14. The van der Waals surface area contributed by atoms with Gasteiger partial charge in [0.1, 0.15) is 6.10 Å². The van der Waals surface area contributed by atoms with Crippen LogP contribution in [0.5, 0.6) is 0 Å². The highest BCUT2D eigenvalue weighted by Gasteiger charge is 2.05. The number of carbonyl (C=O) groups excluding carboxylic acids is 1. The summed E-state index contributed by atoms with van der Waals surface area (Å²) in [5.41, 5.74) is 0.340. The van der Waals surface area contributed by atoms with Gasteiger partial charge in [-0.1, -0.05) is 30.3 Å². The molecule has 0 heterocycles. The zero-order valence-electron chi connectivity index (χ0n) is 10.2. The van der Waals surface area contributed by atoms with Gasteiger partial charge < -0.3 is 19.5 Å². The summed E-state index contributed by atoms with van der Waals surface area (Å²) >= 11 is 0. The lowest BCUT2D eigenvalue weighted by Crippen LogP contribution is -2.29. The quantitative estimate of drug-likeness (QED) is 0.709. The molecule has 1 aromatic carbocycles. The first kappa shape index (κ1) is 14.6. The summed E-state index contributed by atoms with van der Waals surface area (Å²) in [5, 5.41) is 19.1. The molecule has 0 saturated carbocycles. The third-order valence-electron chi connectivity index (χ3n) is 1.34. The number of aliphatic hydroxyl groups is 1. The molecule has 0 fully saturated rings. The normalized spacial score (nSPS) is 12.3. The predicted octanol–water partition coefficient (Wildman–Crippen LogP) is -0.208. The van der Waals surface area contributed by atoms with Gasteiger partial charge in [0.25, 0.3) is 0 Å². The second-order valence-corrected chi connectivity index (χ2v) is 4.82. The van der Waals surface area contributed by atoms with Crippen LogP contribution in [0, 0.1) is 0 Å². The first-order valence-electron chi connectivity index (χ1n) is 4.94. The van der Waals surface area contributed by atoms with Gasteiger partial charge in [0, 0.05) is 0 Å². The molecular formula is C12H19NO3. The van der Waals surface area contributed by atoms with E-state index in [1.165, 1.54) is 12.1 Å². The highest BCUT2D eigenvalue weighted by Crippen LogP contribution is 2.09. The van der Waals surface area contributed by atoms with E-state index in [4.69, 9.17) is 5.11 Å². The number of rotatable bonds is 2. The fourth-order valence-corrected chi connectivity index (χ4v) is 0.771. The minimum atomic E-state index is -1.52. The van der Waals surface area contributed by atoms with Crippen molar-refractivity contribution in [3.05, 3.63) is 35.9 Å². The predicted molar refractivity (Wildman–Crippen MR) is 60.4 cm³/mol. The summed E-state index contributed by atoms with van der Waals surface area (Å²) in [4.78, 5) is 10.1. The third kappa shape index (κ3) is 7.96. The number of carboxylic acids is 1. The summed E-state index contributed by atoms with van der Waals surface area (Å²) in [6, 6.07) is 8.11. The molecule has 1 atom stereocenters. The average Bonchev–Trinajstić information content (AvgIpc) is 2.15. The molecule has 1 aromatic rings. The van der Waals surface area contributed by atoms with E-state index in [0.29, 0.717) is 5.56 Å². The van der Waals surface area contributed by atoms with Crippen LogP contribution in [-0.4, -0.2) is 43.7 Å². The summed E-state index contributed by atoms with van der Waals surface area (Å²) < 4.78 is 1.00. The van der Waals surface area contributed by atoms with Crippen molar-refractivity contribution in [1.29, 1.82) is 0 Å². The van der Waals surface area contributed by atoms with E-state index in [-0.39, 0.29) is 0 Å². The van der Waals surface area contributed by atoms with Gasteiger partial charge in [0.05, 0.1) is 34.2 Å². The number of benzene rings is 1. The van der Waals surface area contributed by atoms with Crippen molar-refractivity contribution in [2.45, 2.75) is 6.10 Å². The lowest BCUT2D eigenvalue weighted by atomic mass is 10.1. The van der Waals surface area contributed by atoms with Crippen LogP contribution in [0.3, 0.4) is 0 Å². The van der Waals surface area contributed by atoms with Crippen molar-refractivity contribution in [2.24, 2.45) is 0 Å². The van der Waals surface area contributed by atoms with E-state index in [2.05, 4.69) is 28.2 Å². The van der Waals surface area contributed by atoms with Gasteiger partial charge >= 0.3 is 0 Å². The largest absolute Gasteiger partial charge is 0.547 e. The van der Waals surface area contributed by atoms with Crippen LogP contribution < -0.4 is 5.11 Å². The molecule has 0 radical (unpaired) electrons. The number of nitrogens with zero attached hydrogens (tertiary/aromatic N) is 1. The molecule has 0 saturated heterocycles. The van der Waals surface area contributed by atoms with Gasteiger partial charge in [-0.15, -0.1) is 0 Å². The molecule has 0 spiro atoms. The number of carboxylic acid groups (broad SMARTS) is 1. The van der Waals surface area contributed by atoms with Crippen molar-refractivity contribution in [3.8, 4) is 0 Å². The van der Waals surface area contributed by atoms with Crippen LogP contribution in [0.1, 0.15) is 11.7 Å². The summed E-state index contributed by atoms with van der Waals surface area (Å²) in [5.74, 6) is -1.48. The van der Waals surface area contributed by atoms with Crippen LogP contribution >= 0.6 is 0 Å². The molecule has 0 aliphatic heterocycles. The maximum absolute atomic E-state index is 10.1. The molecule has 16 heavy (non-hydrogen) atoms. The van der Waals surface area contributed by atoms with E-state index in [0.717, 1.165) is 4.48 Å². The van der Waals surface area contributed by atoms with Crippen molar-refractivity contribution in [3.63, 3.8) is 0 Å². The Balaban J connectivity index is 0.000000385. The first-order chi connectivity index (χ1) is 7.22. The van der Waals surface area contributed by atoms with E-state index in [1.54, 1.807) is 18.2 Å². The Morgan fingerprint density at radius 3 is 1.88 bits per heavy atom. The van der Waals surface area contributed by atoms with Gasteiger partial charge in [0.15, 0.2) is 0 Å². The van der Waals surface area contributed by atoms with Crippen molar-refractivity contribution >= 4 is 5.97 Å². The van der Waals surface area contributed by atoms with Crippen LogP contribution in [0.4, 0.5) is 0 Å². The van der Waals surface area contributed by atoms with Gasteiger partial charge in [-0.2, -0.15) is 0 Å². The summed E-state index contributed by atoms with van der Waals surface area (Å²) in [7, 11) is 8.50. The molecule has 4 heteroatoms. The number of aliphatic carboxylic acids is 1. The molecule has 1 N–H and O–H groups in total. The van der Waals surface area contributed by atoms with E-state index in [9.17, 15) is 9.90 Å². The second kappa shape index (κ2) is 6.25. The summed E-state index contributed by atoms with van der Waals surface area (Å²) in [6.07, 6.45) is -1.52. The van der Waals surface area contributed by atoms with Gasteiger partial charge in [0.2, 0.25) is 0 Å². The number of carbonyl (C=O) groups is 1. The van der Waals surface area contributed by atoms with Gasteiger partial charge in [-0.05, 0) is 5.56 Å². The molecule has 1 rings (SSSR count). The highest BCUT2D eigenvalue weighted by molar-refractivity contribution is 5.71. The van der Waals surface area contributed by atoms with Crippen LogP contribution in [-0.2, 0) is 4.79 Å². The minimum Gasteiger partial charge on any atom is -0.547 e. The topological polar surface area (TPSA) is 60.4 Å². The minimum absolute atomic E-state index is 0.340. The Kier molecular flexibility index (Phi) is 5.71. The van der Waals surface area contributed by atoms with E-state index >= 15 is 0 Å².